The average Bonchev–Trinajstić information content (AvgIpc) is 3.56. The Hall–Kier alpha value is -3.62. The summed E-state index contributed by atoms with van der Waals surface area (Å²) >= 11 is -1.74. The Labute approximate surface area is 229 Å². The largest absolute Gasteiger partial charge is 0.591 e. The minimum absolute atomic E-state index is 0.0266. The van der Waals surface area contributed by atoms with E-state index in [4.69, 9.17) is 0 Å². The highest BCUT2D eigenvalue weighted by Crippen LogP contribution is 2.48. The Bertz CT molecular complexity index is 1570. The van der Waals surface area contributed by atoms with Crippen molar-refractivity contribution >= 4 is 17.1 Å². The minimum atomic E-state index is -4.64. The van der Waals surface area contributed by atoms with E-state index in [2.05, 4.69) is 20.3 Å². The lowest BCUT2D eigenvalue weighted by atomic mass is 9.60. The van der Waals surface area contributed by atoms with E-state index in [0.717, 1.165) is 29.6 Å². The normalized spacial score (nSPS) is 22.0. The molecule has 0 saturated carbocycles. The molecule has 1 aliphatic carbocycles. The molecule has 3 atom stereocenters. The minimum Gasteiger partial charge on any atom is -0.591 e. The molecule has 3 aromatic heterocycles. The van der Waals surface area contributed by atoms with Gasteiger partial charge in [-0.3, -0.25) is 9.78 Å². The Morgan fingerprint density at radius 3 is 2.62 bits per heavy atom. The number of ketones is 1. The molecule has 1 fully saturated rings. The molecule has 0 amide bonds. The van der Waals surface area contributed by atoms with Gasteiger partial charge >= 0.3 is 11.2 Å². The maximum Gasteiger partial charge on any atom is 0.416 e. The second kappa shape index (κ2) is 9.78. The van der Waals surface area contributed by atoms with E-state index in [9.17, 15) is 26.9 Å². The Morgan fingerprint density at radius 1 is 1.15 bits per heavy atom. The molecule has 4 aromatic rings. The van der Waals surface area contributed by atoms with Gasteiger partial charge in [-0.05, 0) is 67.1 Å². The van der Waals surface area contributed by atoms with E-state index in [1.807, 2.05) is 0 Å². The summed E-state index contributed by atoms with van der Waals surface area (Å²) in [5, 5.41) is 12.8. The van der Waals surface area contributed by atoms with Gasteiger partial charge in [-0.1, -0.05) is 0 Å². The summed E-state index contributed by atoms with van der Waals surface area (Å²) in [5.74, 6) is -1.22. The number of hydrogen-bond acceptors (Lipinski definition) is 7. The van der Waals surface area contributed by atoms with Crippen LogP contribution in [0.15, 0.2) is 60.0 Å². The number of aryl methyl sites for hydroxylation is 1. The zero-order valence-corrected chi connectivity index (χ0v) is 22.0. The number of carbonyl (C=O) groups excluding carboxylic acids is 1. The van der Waals surface area contributed by atoms with Gasteiger partial charge in [-0.25, -0.2) is 9.07 Å². The van der Waals surface area contributed by atoms with E-state index >= 15 is 0 Å². The summed E-state index contributed by atoms with van der Waals surface area (Å²) in [6, 6.07) is 7.49. The number of Topliss-reactive ketones (excluding diaryl/α,β-unsaturated/α-hetero) is 1. The van der Waals surface area contributed by atoms with Crippen molar-refractivity contribution in [1.29, 1.82) is 0 Å². The molecule has 0 spiro atoms. The molecule has 40 heavy (non-hydrogen) atoms. The molecular weight excluding hydrogens is 550 g/mol. The maximum absolute atomic E-state index is 14.2. The second-order valence-electron chi connectivity index (χ2n) is 10.1. The molecule has 0 N–H and O–H groups in total. The van der Waals surface area contributed by atoms with E-state index in [-0.39, 0.29) is 35.4 Å². The predicted octanol–water partition coefficient (Wildman–Crippen LogP) is 3.57. The van der Waals surface area contributed by atoms with Crippen molar-refractivity contribution in [3.8, 4) is 5.69 Å². The second-order valence-corrected chi connectivity index (χ2v) is 11.5. The van der Waals surface area contributed by atoms with Crippen molar-refractivity contribution in [2.24, 2.45) is 18.4 Å². The molecule has 0 bridgehead atoms. The summed E-state index contributed by atoms with van der Waals surface area (Å²) < 4.78 is 70.8. The van der Waals surface area contributed by atoms with Crippen LogP contribution in [0.2, 0.25) is 0 Å². The lowest BCUT2D eigenvalue weighted by molar-refractivity contribution is -0.137. The fourth-order valence-electron chi connectivity index (χ4n) is 5.75. The van der Waals surface area contributed by atoms with Crippen molar-refractivity contribution in [2.75, 3.05) is 13.1 Å². The first kappa shape index (κ1) is 26.6. The highest BCUT2D eigenvalue weighted by molar-refractivity contribution is 7.89. The molecule has 1 saturated heterocycles. The first-order valence-electron chi connectivity index (χ1n) is 12.5. The Balaban J connectivity index is 1.41. The summed E-state index contributed by atoms with van der Waals surface area (Å²) in [6.07, 6.45) is 0.379. The molecule has 6 rings (SSSR count). The molecule has 208 valence electrons. The molecular formula is C26H23F4N7O2S. The van der Waals surface area contributed by atoms with Crippen molar-refractivity contribution in [1.82, 2.24) is 34.1 Å². The predicted molar refractivity (Wildman–Crippen MR) is 134 cm³/mol. The smallest absolute Gasteiger partial charge is 0.416 e. The van der Waals surface area contributed by atoms with E-state index in [1.165, 1.54) is 23.1 Å². The number of piperidine rings is 1. The summed E-state index contributed by atoms with van der Waals surface area (Å²) in [6.45, 7) is 0.400. The number of fused-ring (bicyclic) bond motifs is 2. The van der Waals surface area contributed by atoms with Crippen LogP contribution in [0.25, 0.3) is 5.69 Å². The monoisotopic (exact) mass is 573 g/mol. The maximum atomic E-state index is 14.2. The van der Waals surface area contributed by atoms with Crippen molar-refractivity contribution in [2.45, 2.75) is 30.5 Å². The lowest BCUT2D eigenvalue weighted by Gasteiger charge is -2.48. The van der Waals surface area contributed by atoms with Gasteiger partial charge < -0.3 is 4.55 Å². The van der Waals surface area contributed by atoms with E-state index < -0.39 is 34.3 Å². The number of carbonyl (C=O) groups is 1. The molecule has 1 aliphatic heterocycles. The van der Waals surface area contributed by atoms with Crippen molar-refractivity contribution in [3.63, 3.8) is 0 Å². The van der Waals surface area contributed by atoms with Gasteiger partial charge in [0.1, 0.15) is 29.1 Å². The van der Waals surface area contributed by atoms with Gasteiger partial charge in [0.2, 0.25) is 0 Å². The van der Waals surface area contributed by atoms with Crippen LogP contribution in [-0.4, -0.2) is 57.5 Å². The summed E-state index contributed by atoms with van der Waals surface area (Å²) in [4.78, 5) is 19.5. The van der Waals surface area contributed by atoms with Gasteiger partial charge in [0.25, 0.3) is 0 Å². The van der Waals surface area contributed by atoms with Crippen molar-refractivity contribution in [3.05, 3.63) is 83.3 Å². The van der Waals surface area contributed by atoms with Crippen LogP contribution in [0.3, 0.4) is 0 Å². The zero-order valence-electron chi connectivity index (χ0n) is 21.2. The number of benzene rings is 1. The summed E-state index contributed by atoms with van der Waals surface area (Å²) in [5.41, 5.74) is -0.218. The number of pyridine rings is 1. The third kappa shape index (κ3) is 4.59. The number of halogens is 4. The van der Waals surface area contributed by atoms with Gasteiger partial charge in [0, 0.05) is 25.5 Å². The SMILES string of the molecule is Cn1ncc([S+]([O-])N2CCC3Cc4c(cnn4-c4ccc(F)cc4)CC3(C(=O)c3cc(C(F)(F)F)ccn3)C2)n1. The summed E-state index contributed by atoms with van der Waals surface area (Å²) in [7, 11) is 1.60. The number of nitrogens with zero attached hydrogens (tertiary/aromatic N) is 7. The Kier molecular flexibility index (Phi) is 6.50. The van der Waals surface area contributed by atoms with E-state index in [1.54, 1.807) is 34.4 Å². The van der Waals surface area contributed by atoms with Crippen LogP contribution < -0.4 is 0 Å². The van der Waals surface area contributed by atoms with Crippen LogP contribution in [0.4, 0.5) is 17.6 Å². The highest BCUT2D eigenvalue weighted by atomic mass is 32.2. The van der Waals surface area contributed by atoms with Gasteiger partial charge in [0.15, 0.2) is 5.78 Å². The lowest BCUT2D eigenvalue weighted by Crippen LogP contribution is -2.57. The standard InChI is InChI=1S/C26H23F4N7O2S/c1-35-32-14-23(34-35)40(39)36-9-7-17-11-22-16(13-33-37(22)20-4-2-19(27)3-5-20)12-25(17,15-36)24(38)21-10-18(6-8-31-21)26(28,29)30/h2-6,8,10,13-14,17H,7,9,11-12,15H2,1H3. The number of aromatic nitrogens is 6. The van der Waals surface area contributed by atoms with Gasteiger partial charge in [0.05, 0.1) is 29.4 Å². The molecule has 2 aliphatic rings. The third-order valence-electron chi connectivity index (χ3n) is 7.70. The van der Waals surface area contributed by atoms with Crippen LogP contribution >= 0.6 is 0 Å². The fraction of sp³-hybridized carbons (Fsp3) is 0.346. The van der Waals surface area contributed by atoms with Crippen LogP contribution in [0.5, 0.6) is 0 Å². The molecule has 9 nitrogen and oxygen atoms in total. The van der Waals surface area contributed by atoms with Crippen LogP contribution in [0.1, 0.15) is 33.7 Å². The quantitative estimate of drug-likeness (QED) is 0.204. The number of alkyl halides is 3. The molecule has 1 aromatic carbocycles. The third-order valence-corrected chi connectivity index (χ3v) is 9.03. The topological polar surface area (TPSA) is 105 Å². The number of hydrogen-bond donors (Lipinski definition) is 0. The molecule has 4 heterocycles. The molecule has 0 radical (unpaired) electrons. The van der Waals surface area contributed by atoms with Crippen LogP contribution in [0, 0.1) is 17.2 Å². The van der Waals surface area contributed by atoms with Gasteiger partial charge in [-0.2, -0.15) is 28.2 Å². The van der Waals surface area contributed by atoms with Crippen LogP contribution in [-0.2, 0) is 37.4 Å². The number of rotatable bonds is 5. The average molecular weight is 574 g/mol. The van der Waals surface area contributed by atoms with Crippen molar-refractivity contribution < 1.29 is 26.9 Å². The highest BCUT2D eigenvalue weighted by Gasteiger charge is 2.55. The fourth-order valence-corrected chi connectivity index (χ4v) is 6.96. The first-order valence-corrected chi connectivity index (χ1v) is 13.6. The molecule has 3 unspecified atom stereocenters. The first-order chi connectivity index (χ1) is 19.0. The zero-order chi connectivity index (χ0) is 28.2. The van der Waals surface area contributed by atoms with Gasteiger partial charge in [-0.15, -0.1) is 9.40 Å². The Morgan fingerprint density at radius 2 is 1.93 bits per heavy atom. The molecule has 14 heteroatoms. The van der Waals surface area contributed by atoms with E-state index in [0.29, 0.717) is 25.1 Å².